The van der Waals surface area contributed by atoms with E-state index in [4.69, 9.17) is 0 Å². The Morgan fingerprint density at radius 3 is 2.56 bits per heavy atom. The van der Waals surface area contributed by atoms with Crippen molar-refractivity contribution in [1.82, 2.24) is 9.97 Å². The van der Waals surface area contributed by atoms with Crippen molar-refractivity contribution in [2.24, 2.45) is 0 Å². The molecular weight excluding hydrogens is 224 g/mol. The van der Waals surface area contributed by atoms with Crippen molar-refractivity contribution in [2.45, 2.75) is 51.0 Å². The van der Waals surface area contributed by atoms with Crippen LogP contribution in [0, 0.1) is 0 Å². The molecule has 4 heteroatoms. The fourth-order valence-electron chi connectivity index (χ4n) is 3.00. The van der Waals surface area contributed by atoms with Crippen molar-refractivity contribution in [3.63, 3.8) is 0 Å². The molecule has 1 saturated carbocycles. The van der Waals surface area contributed by atoms with E-state index in [9.17, 15) is 0 Å². The Balaban J connectivity index is 1.67. The van der Waals surface area contributed by atoms with Crippen molar-refractivity contribution >= 4 is 11.6 Å². The van der Waals surface area contributed by atoms with Gasteiger partial charge in [-0.3, -0.25) is 0 Å². The van der Waals surface area contributed by atoms with Crippen LogP contribution >= 0.6 is 0 Å². The van der Waals surface area contributed by atoms with Crippen molar-refractivity contribution in [3.8, 4) is 0 Å². The molecule has 0 aromatic carbocycles. The molecule has 2 heterocycles. The Labute approximate surface area is 109 Å². The van der Waals surface area contributed by atoms with Crippen LogP contribution in [-0.4, -0.2) is 29.1 Å². The third kappa shape index (κ3) is 2.74. The Morgan fingerprint density at radius 1 is 1.00 bits per heavy atom. The maximum atomic E-state index is 4.41. The number of nitrogens with zero attached hydrogens (tertiary/aromatic N) is 3. The lowest BCUT2D eigenvalue weighted by Crippen LogP contribution is -2.30. The van der Waals surface area contributed by atoms with Gasteiger partial charge in [-0.15, -0.1) is 0 Å². The first kappa shape index (κ1) is 11.8. The molecule has 4 nitrogen and oxygen atoms in total. The van der Waals surface area contributed by atoms with E-state index in [-0.39, 0.29) is 0 Å². The van der Waals surface area contributed by atoms with Gasteiger partial charge in [-0.05, 0) is 32.1 Å². The van der Waals surface area contributed by atoms with Crippen LogP contribution in [0.15, 0.2) is 12.4 Å². The molecule has 0 radical (unpaired) electrons. The molecule has 0 spiro atoms. The summed E-state index contributed by atoms with van der Waals surface area (Å²) in [5, 5.41) is 3.54. The van der Waals surface area contributed by atoms with Gasteiger partial charge >= 0.3 is 0 Å². The largest absolute Gasteiger partial charge is 0.367 e. The Hall–Kier alpha value is -1.32. The van der Waals surface area contributed by atoms with Crippen LogP contribution < -0.4 is 10.2 Å². The average Bonchev–Trinajstić information content (AvgIpc) is 2.93. The molecular formula is C14H22N4. The van der Waals surface area contributed by atoms with Crippen LogP contribution in [-0.2, 0) is 0 Å². The third-order valence-corrected chi connectivity index (χ3v) is 4.04. The predicted molar refractivity (Wildman–Crippen MR) is 74.0 cm³/mol. The molecule has 98 valence electrons. The standard InChI is InChI=1S/C14H22N4/c1-4-8-18(9-5-1)14-10-13(15-11-16-14)17-12-6-2-3-7-12/h10-12H,1-9H2,(H,15,16,17). The Bertz CT molecular complexity index is 381. The summed E-state index contributed by atoms with van der Waals surface area (Å²) in [4.78, 5) is 11.1. The monoisotopic (exact) mass is 246 g/mol. The molecule has 2 aliphatic rings. The van der Waals surface area contributed by atoms with Crippen LogP contribution in [0.3, 0.4) is 0 Å². The molecule has 3 rings (SSSR count). The topological polar surface area (TPSA) is 41.1 Å². The highest BCUT2D eigenvalue weighted by Crippen LogP contribution is 2.23. The van der Waals surface area contributed by atoms with E-state index in [1.54, 1.807) is 6.33 Å². The first-order valence-corrected chi connectivity index (χ1v) is 7.25. The van der Waals surface area contributed by atoms with E-state index in [0.717, 1.165) is 24.7 Å². The summed E-state index contributed by atoms with van der Waals surface area (Å²) in [6.07, 6.45) is 10.9. The molecule has 1 aromatic heterocycles. The lowest BCUT2D eigenvalue weighted by Gasteiger charge is -2.27. The van der Waals surface area contributed by atoms with Gasteiger partial charge in [-0.25, -0.2) is 9.97 Å². The van der Waals surface area contributed by atoms with Crippen molar-refractivity contribution < 1.29 is 0 Å². The summed E-state index contributed by atoms with van der Waals surface area (Å²) in [7, 11) is 0. The highest BCUT2D eigenvalue weighted by molar-refractivity contribution is 5.49. The smallest absolute Gasteiger partial charge is 0.134 e. The van der Waals surface area contributed by atoms with E-state index >= 15 is 0 Å². The molecule has 18 heavy (non-hydrogen) atoms. The van der Waals surface area contributed by atoms with Crippen LogP contribution in [0.25, 0.3) is 0 Å². The van der Waals surface area contributed by atoms with Crippen molar-refractivity contribution in [3.05, 3.63) is 12.4 Å². The molecule has 1 aliphatic heterocycles. The zero-order valence-electron chi connectivity index (χ0n) is 10.9. The van der Waals surface area contributed by atoms with E-state index in [1.165, 1.54) is 44.9 Å². The zero-order chi connectivity index (χ0) is 12.2. The van der Waals surface area contributed by atoms with Crippen LogP contribution in [0.4, 0.5) is 11.6 Å². The Kier molecular flexibility index (Phi) is 3.62. The number of hydrogen-bond donors (Lipinski definition) is 1. The number of anilines is 2. The van der Waals surface area contributed by atoms with Gasteiger partial charge in [0, 0.05) is 25.2 Å². The quantitative estimate of drug-likeness (QED) is 0.890. The lowest BCUT2D eigenvalue weighted by molar-refractivity contribution is 0.573. The van der Waals surface area contributed by atoms with Gasteiger partial charge in [-0.1, -0.05) is 12.8 Å². The van der Waals surface area contributed by atoms with E-state index in [1.807, 2.05) is 0 Å². The number of nitrogens with one attached hydrogen (secondary N) is 1. The van der Waals surface area contributed by atoms with Gasteiger partial charge < -0.3 is 10.2 Å². The normalized spacial score (nSPS) is 21.2. The molecule has 1 saturated heterocycles. The molecule has 2 fully saturated rings. The number of aromatic nitrogens is 2. The molecule has 0 atom stereocenters. The minimum absolute atomic E-state index is 0.620. The fourth-order valence-corrected chi connectivity index (χ4v) is 3.00. The predicted octanol–water partition coefficient (Wildman–Crippen LogP) is 2.82. The van der Waals surface area contributed by atoms with Crippen LogP contribution in [0.1, 0.15) is 44.9 Å². The summed E-state index contributed by atoms with van der Waals surface area (Å²) >= 11 is 0. The lowest BCUT2D eigenvalue weighted by atomic mass is 10.1. The highest BCUT2D eigenvalue weighted by atomic mass is 15.2. The van der Waals surface area contributed by atoms with Crippen LogP contribution in [0.5, 0.6) is 0 Å². The summed E-state index contributed by atoms with van der Waals surface area (Å²) < 4.78 is 0. The van der Waals surface area contributed by atoms with E-state index < -0.39 is 0 Å². The second-order valence-electron chi connectivity index (χ2n) is 5.43. The Morgan fingerprint density at radius 2 is 1.78 bits per heavy atom. The summed E-state index contributed by atoms with van der Waals surface area (Å²) in [6.45, 7) is 2.28. The second-order valence-corrected chi connectivity index (χ2v) is 5.43. The minimum atomic E-state index is 0.620. The summed E-state index contributed by atoms with van der Waals surface area (Å²) in [5.74, 6) is 2.09. The molecule has 1 aromatic rings. The average molecular weight is 246 g/mol. The molecule has 0 amide bonds. The maximum absolute atomic E-state index is 4.41. The maximum Gasteiger partial charge on any atom is 0.134 e. The fraction of sp³-hybridized carbons (Fsp3) is 0.714. The highest BCUT2D eigenvalue weighted by Gasteiger charge is 2.16. The SMILES string of the molecule is c1nc(NC2CCCC2)cc(N2CCCCC2)n1. The zero-order valence-corrected chi connectivity index (χ0v) is 10.9. The third-order valence-electron chi connectivity index (χ3n) is 4.04. The van der Waals surface area contributed by atoms with Gasteiger partial charge in [0.15, 0.2) is 0 Å². The summed E-state index contributed by atoms with van der Waals surface area (Å²) in [6, 6.07) is 2.73. The van der Waals surface area contributed by atoms with Crippen molar-refractivity contribution in [2.75, 3.05) is 23.3 Å². The summed E-state index contributed by atoms with van der Waals surface area (Å²) in [5.41, 5.74) is 0. The van der Waals surface area contributed by atoms with Gasteiger partial charge in [-0.2, -0.15) is 0 Å². The molecule has 0 unspecified atom stereocenters. The van der Waals surface area contributed by atoms with E-state index in [2.05, 4.69) is 26.3 Å². The van der Waals surface area contributed by atoms with Gasteiger partial charge in [0.25, 0.3) is 0 Å². The van der Waals surface area contributed by atoms with E-state index in [0.29, 0.717) is 6.04 Å². The van der Waals surface area contributed by atoms with Crippen molar-refractivity contribution in [1.29, 1.82) is 0 Å². The van der Waals surface area contributed by atoms with Gasteiger partial charge in [0.05, 0.1) is 0 Å². The first-order valence-electron chi connectivity index (χ1n) is 7.25. The number of rotatable bonds is 3. The number of hydrogen-bond acceptors (Lipinski definition) is 4. The van der Waals surface area contributed by atoms with Gasteiger partial charge in [0.1, 0.15) is 18.0 Å². The molecule has 1 aliphatic carbocycles. The first-order chi connectivity index (χ1) is 8.92. The minimum Gasteiger partial charge on any atom is -0.367 e. The van der Waals surface area contributed by atoms with Gasteiger partial charge in [0.2, 0.25) is 0 Å². The number of piperidine rings is 1. The van der Waals surface area contributed by atoms with Crippen LogP contribution in [0.2, 0.25) is 0 Å². The molecule has 1 N–H and O–H groups in total. The molecule has 0 bridgehead atoms. The second kappa shape index (κ2) is 5.55.